The number of H-pyrrole nitrogens is 1. The van der Waals surface area contributed by atoms with Crippen molar-refractivity contribution in [3.63, 3.8) is 0 Å². The Kier molecular flexibility index (Phi) is 3.41. The number of nitrogens with one attached hydrogen (secondary N) is 1. The van der Waals surface area contributed by atoms with Crippen LogP contribution in [0.1, 0.15) is 24.6 Å². The number of fused-ring (bicyclic) bond motifs is 1. The monoisotopic (exact) mass is 304 g/mol. The van der Waals surface area contributed by atoms with Gasteiger partial charge in [-0.1, -0.05) is 13.3 Å². The second-order valence-electron chi connectivity index (χ2n) is 5.27. The molecule has 0 aliphatic rings. The molecule has 0 aliphatic heterocycles. The molecular formula is C15H17FN4S. The van der Waals surface area contributed by atoms with Gasteiger partial charge in [-0.2, -0.15) is 5.10 Å². The third kappa shape index (κ3) is 2.29. The van der Waals surface area contributed by atoms with Gasteiger partial charge >= 0.3 is 0 Å². The molecular weight excluding hydrogens is 287 g/mol. The fourth-order valence-electron chi connectivity index (χ4n) is 2.71. The van der Waals surface area contributed by atoms with Crippen molar-refractivity contribution in [3.8, 4) is 5.69 Å². The first-order valence-electron chi connectivity index (χ1n) is 6.95. The summed E-state index contributed by atoms with van der Waals surface area (Å²) in [7, 11) is 1.88. The minimum atomic E-state index is -0.266. The highest BCUT2D eigenvalue weighted by molar-refractivity contribution is 7.71. The highest BCUT2D eigenvalue weighted by atomic mass is 32.1. The van der Waals surface area contributed by atoms with Crippen molar-refractivity contribution in [2.75, 3.05) is 0 Å². The van der Waals surface area contributed by atoms with E-state index in [9.17, 15) is 4.39 Å². The molecule has 4 nitrogen and oxygen atoms in total. The first-order chi connectivity index (χ1) is 10.0. The molecule has 0 saturated carbocycles. The lowest BCUT2D eigenvalue weighted by Crippen LogP contribution is -2.02. The van der Waals surface area contributed by atoms with Crippen LogP contribution in [-0.2, 0) is 13.5 Å². The molecule has 0 aliphatic carbocycles. The highest BCUT2D eigenvalue weighted by Gasteiger charge is 2.16. The molecule has 0 atom stereocenters. The minimum absolute atomic E-state index is 0.266. The molecule has 1 N–H and O–H groups in total. The molecule has 1 aromatic carbocycles. The summed E-state index contributed by atoms with van der Waals surface area (Å²) in [5.74, 6) is -0.266. The number of aromatic amines is 1. The van der Waals surface area contributed by atoms with Gasteiger partial charge in [0.05, 0.1) is 11.4 Å². The third-order valence-electron chi connectivity index (χ3n) is 3.51. The predicted octanol–water partition coefficient (Wildman–Crippen LogP) is 3.82. The molecule has 0 bridgehead atoms. The molecule has 0 spiro atoms. The SMILES string of the molecule is CCCc1nn(C)c2c1[nH]c(=S)n2-c1cc(C)cc(F)c1. The molecule has 21 heavy (non-hydrogen) atoms. The predicted molar refractivity (Wildman–Crippen MR) is 83.9 cm³/mol. The van der Waals surface area contributed by atoms with Crippen molar-refractivity contribution >= 4 is 23.4 Å². The third-order valence-corrected chi connectivity index (χ3v) is 3.79. The Bertz CT molecular complexity index is 852. The van der Waals surface area contributed by atoms with E-state index in [0.717, 1.165) is 41.0 Å². The van der Waals surface area contributed by atoms with Crippen LogP contribution in [-0.4, -0.2) is 19.3 Å². The highest BCUT2D eigenvalue weighted by Crippen LogP contribution is 2.23. The van der Waals surface area contributed by atoms with E-state index in [1.165, 1.54) is 12.1 Å². The van der Waals surface area contributed by atoms with E-state index in [2.05, 4.69) is 17.0 Å². The van der Waals surface area contributed by atoms with E-state index in [1.54, 1.807) is 4.68 Å². The molecule has 0 unspecified atom stereocenters. The van der Waals surface area contributed by atoms with Crippen LogP contribution in [0.3, 0.4) is 0 Å². The molecule has 0 fully saturated rings. The Labute approximate surface area is 127 Å². The smallest absolute Gasteiger partial charge is 0.184 e. The maximum atomic E-state index is 13.7. The number of aromatic nitrogens is 4. The van der Waals surface area contributed by atoms with Gasteiger partial charge < -0.3 is 4.98 Å². The summed E-state index contributed by atoms with van der Waals surface area (Å²) < 4.78 is 17.9. The molecule has 3 rings (SSSR count). The van der Waals surface area contributed by atoms with Crippen LogP contribution in [0.25, 0.3) is 16.9 Å². The van der Waals surface area contributed by atoms with Crippen LogP contribution in [0.4, 0.5) is 4.39 Å². The van der Waals surface area contributed by atoms with Crippen LogP contribution in [0.2, 0.25) is 0 Å². The molecule has 6 heteroatoms. The average Bonchev–Trinajstić information content (AvgIpc) is 2.87. The van der Waals surface area contributed by atoms with Gasteiger partial charge in [0.15, 0.2) is 10.4 Å². The lowest BCUT2D eigenvalue weighted by molar-refractivity contribution is 0.625. The average molecular weight is 304 g/mol. The van der Waals surface area contributed by atoms with Gasteiger partial charge in [-0.15, -0.1) is 0 Å². The van der Waals surface area contributed by atoms with Crippen LogP contribution in [0, 0.1) is 17.5 Å². The van der Waals surface area contributed by atoms with Gasteiger partial charge in [0.25, 0.3) is 0 Å². The number of rotatable bonds is 3. The molecule has 0 saturated heterocycles. The Morgan fingerprint density at radius 1 is 1.33 bits per heavy atom. The van der Waals surface area contributed by atoms with Crippen molar-refractivity contribution in [1.29, 1.82) is 0 Å². The zero-order valence-electron chi connectivity index (χ0n) is 12.3. The summed E-state index contributed by atoms with van der Waals surface area (Å²) in [5, 5.41) is 4.54. The molecule has 3 aromatic rings. The fourth-order valence-corrected chi connectivity index (χ4v) is 3.00. The van der Waals surface area contributed by atoms with Crippen molar-refractivity contribution in [2.45, 2.75) is 26.7 Å². The molecule has 0 amide bonds. The van der Waals surface area contributed by atoms with Crippen LogP contribution >= 0.6 is 12.2 Å². The second kappa shape index (κ2) is 5.11. The Balaban J connectivity index is 2.32. The van der Waals surface area contributed by atoms with E-state index in [0.29, 0.717) is 4.77 Å². The maximum absolute atomic E-state index is 13.7. The van der Waals surface area contributed by atoms with E-state index >= 15 is 0 Å². The molecule has 2 heterocycles. The molecule has 110 valence electrons. The number of benzene rings is 1. The van der Waals surface area contributed by atoms with Gasteiger partial charge in [-0.3, -0.25) is 4.57 Å². The number of nitrogens with zero attached hydrogens (tertiary/aromatic N) is 3. The number of aryl methyl sites for hydroxylation is 3. The molecule has 2 aromatic heterocycles. The zero-order chi connectivity index (χ0) is 15.1. The quantitative estimate of drug-likeness (QED) is 0.747. The Hall–Kier alpha value is -1.95. The summed E-state index contributed by atoms with van der Waals surface area (Å²) in [6.07, 6.45) is 1.89. The first-order valence-corrected chi connectivity index (χ1v) is 7.36. The number of hydrogen-bond donors (Lipinski definition) is 1. The fraction of sp³-hybridized carbons (Fsp3) is 0.333. The number of halogens is 1. The minimum Gasteiger partial charge on any atom is -0.327 e. The lowest BCUT2D eigenvalue weighted by Gasteiger charge is -2.06. The standard InChI is InChI=1S/C15H17FN4S/c1-4-5-12-13-14(19(3)18-12)20(15(21)17-13)11-7-9(2)6-10(16)8-11/h6-8H,4-5H2,1-3H3,(H,17,21). The van der Waals surface area contributed by atoms with E-state index in [-0.39, 0.29) is 5.82 Å². The summed E-state index contributed by atoms with van der Waals surface area (Å²) in [5.41, 5.74) is 4.37. The van der Waals surface area contributed by atoms with Crippen molar-refractivity contribution in [3.05, 3.63) is 40.0 Å². The summed E-state index contributed by atoms with van der Waals surface area (Å²) in [6, 6.07) is 4.91. The van der Waals surface area contributed by atoms with Gasteiger partial charge in [-0.25, -0.2) is 9.07 Å². The Morgan fingerprint density at radius 3 is 2.76 bits per heavy atom. The number of imidazole rings is 1. The summed E-state index contributed by atoms with van der Waals surface area (Å²) in [6.45, 7) is 3.98. The van der Waals surface area contributed by atoms with E-state index in [4.69, 9.17) is 12.2 Å². The zero-order valence-corrected chi connectivity index (χ0v) is 13.1. The van der Waals surface area contributed by atoms with Gasteiger partial charge in [0, 0.05) is 7.05 Å². The van der Waals surface area contributed by atoms with Gasteiger partial charge in [-0.05, 0) is 49.3 Å². The van der Waals surface area contributed by atoms with Crippen molar-refractivity contribution < 1.29 is 4.39 Å². The maximum Gasteiger partial charge on any atom is 0.184 e. The normalized spacial score (nSPS) is 11.4. The van der Waals surface area contributed by atoms with E-state index in [1.807, 2.05) is 24.6 Å². The largest absolute Gasteiger partial charge is 0.327 e. The lowest BCUT2D eigenvalue weighted by atomic mass is 10.2. The van der Waals surface area contributed by atoms with Crippen LogP contribution < -0.4 is 0 Å². The van der Waals surface area contributed by atoms with Crippen LogP contribution in [0.5, 0.6) is 0 Å². The Morgan fingerprint density at radius 2 is 2.10 bits per heavy atom. The van der Waals surface area contributed by atoms with E-state index < -0.39 is 0 Å². The van der Waals surface area contributed by atoms with Crippen LogP contribution in [0.15, 0.2) is 18.2 Å². The van der Waals surface area contributed by atoms with Gasteiger partial charge in [0.2, 0.25) is 0 Å². The van der Waals surface area contributed by atoms with Gasteiger partial charge in [0.1, 0.15) is 11.3 Å². The molecule has 0 radical (unpaired) electrons. The summed E-state index contributed by atoms with van der Waals surface area (Å²) in [4.78, 5) is 3.21. The number of hydrogen-bond acceptors (Lipinski definition) is 2. The first kappa shape index (κ1) is 14.0. The van der Waals surface area contributed by atoms with Crippen molar-refractivity contribution in [1.82, 2.24) is 19.3 Å². The topological polar surface area (TPSA) is 38.5 Å². The second-order valence-corrected chi connectivity index (χ2v) is 5.66. The summed E-state index contributed by atoms with van der Waals surface area (Å²) >= 11 is 5.42. The van der Waals surface area contributed by atoms with Crippen molar-refractivity contribution in [2.24, 2.45) is 7.05 Å².